The van der Waals surface area contributed by atoms with Crippen LogP contribution in [-0.2, 0) is 23.8 Å². The van der Waals surface area contributed by atoms with E-state index in [1.54, 1.807) is 13.8 Å². The monoisotopic (exact) mass is 609 g/mol. The maximum atomic E-state index is 13.5. The smallest absolute Gasteiger partial charge is 0.317 e. The van der Waals surface area contributed by atoms with Crippen LogP contribution in [0, 0.1) is 5.41 Å². The standard InChI is InChI=1S/C34H63N3O6/c1-7-9-11-13-14-19-25-37(24-18-12-10-8-2)32(40)36-27-20-16-15-17-21-28(27)42-29(38)22-23-35-31(39)30-33(3,4)26-41-34(5,6)43-30/h27-28,30H,7-26H2,1-6H3,(H,35,39)(H,36,40). The molecule has 250 valence electrons. The first-order chi connectivity index (χ1) is 20.5. The predicted octanol–water partition coefficient (Wildman–Crippen LogP) is 6.87. The molecule has 3 unspecified atom stereocenters. The van der Waals surface area contributed by atoms with Crippen molar-refractivity contribution in [1.82, 2.24) is 15.5 Å². The number of nitrogens with one attached hydrogen (secondary N) is 2. The highest BCUT2D eigenvalue weighted by Gasteiger charge is 2.45. The molecule has 1 saturated carbocycles. The quantitative estimate of drug-likeness (QED) is 0.0998. The maximum Gasteiger partial charge on any atom is 0.317 e. The Labute approximate surface area is 261 Å². The summed E-state index contributed by atoms with van der Waals surface area (Å²) in [7, 11) is 0. The fraction of sp³-hybridized carbons (Fsp3) is 0.912. The summed E-state index contributed by atoms with van der Waals surface area (Å²) in [6.45, 7) is 14.0. The van der Waals surface area contributed by atoms with Crippen LogP contribution >= 0.6 is 0 Å². The van der Waals surface area contributed by atoms with Crippen LogP contribution in [0.4, 0.5) is 4.79 Å². The molecule has 1 aliphatic heterocycles. The minimum absolute atomic E-state index is 0.0349. The maximum absolute atomic E-state index is 13.5. The molecule has 0 aromatic rings. The van der Waals surface area contributed by atoms with E-state index in [4.69, 9.17) is 14.2 Å². The van der Waals surface area contributed by atoms with Crippen molar-refractivity contribution in [2.75, 3.05) is 26.2 Å². The number of ether oxygens (including phenoxy) is 3. The van der Waals surface area contributed by atoms with Gasteiger partial charge in [0.2, 0.25) is 5.91 Å². The molecule has 1 saturated heterocycles. The predicted molar refractivity (Wildman–Crippen MR) is 171 cm³/mol. The first-order valence-corrected chi connectivity index (χ1v) is 17.3. The number of hydrogen-bond acceptors (Lipinski definition) is 6. The van der Waals surface area contributed by atoms with Gasteiger partial charge in [0.15, 0.2) is 5.79 Å². The Hall–Kier alpha value is -1.87. The molecule has 3 amide bonds. The number of hydrogen-bond donors (Lipinski definition) is 2. The molecule has 0 aromatic heterocycles. The molecule has 2 rings (SSSR count). The zero-order valence-electron chi connectivity index (χ0n) is 28.3. The lowest BCUT2D eigenvalue weighted by molar-refractivity contribution is -0.304. The molecular formula is C34H63N3O6. The molecule has 9 nitrogen and oxygen atoms in total. The second-order valence-corrected chi connectivity index (χ2v) is 13.8. The van der Waals surface area contributed by atoms with Gasteiger partial charge >= 0.3 is 12.0 Å². The molecule has 3 atom stereocenters. The first kappa shape index (κ1) is 37.3. The van der Waals surface area contributed by atoms with Gasteiger partial charge in [-0.3, -0.25) is 9.59 Å². The molecule has 0 radical (unpaired) electrons. The van der Waals surface area contributed by atoms with Gasteiger partial charge < -0.3 is 29.7 Å². The Morgan fingerprint density at radius 1 is 0.837 bits per heavy atom. The number of carbonyl (C=O) groups is 3. The Bertz CT molecular complexity index is 833. The highest BCUT2D eigenvalue weighted by Crippen LogP contribution is 2.34. The van der Waals surface area contributed by atoms with Crippen LogP contribution in [0.15, 0.2) is 0 Å². The van der Waals surface area contributed by atoms with E-state index in [-0.39, 0.29) is 43.0 Å². The number of carbonyl (C=O) groups excluding carboxylic acids is 3. The van der Waals surface area contributed by atoms with Gasteiger partial charge in [-0.15, -0.1) is 0 Å². The van der Waals surface area contributed by atoms with Crippen molar-refractivity contribution in [2.45, 2.75) is 168 Å². The van der Waals surface area contributed by atoms with Gasteiger partial charge in [-0.1, -0.05) is 91.9 Å². The van der Waals surface area contributed by atoms with Gasteiger partial charge in [0.25, 0.3) is 0 Å². The largest absolute Gasteiger partial charge is 0.460 e. The van der Waals surface area contributed by atoms with Crippen molar-refractivity contribution in [3.63, 3.8) is 0 Å². The van der Waals surface area contributed by atoms with E-state index in [0.29, 0.717) is 6.61 Å². The van der Waals surface area contributed by atoms with E-state index in [9.17, 15) is 14.4 Å². The lowest BCUT2D eigenvalue weighted by Gasteiger charge is -2.44. The van der Waals surface area contributed by atoms with Crippen LogP contribution in [0.2, 0.25) is 0 Å². The number of urea groups is 1. The van der Waals surface area contributed by atoms with Crippen molar-refractivity contribution < 1.29 is 28.6 Å². The van der Waals surface area contributed by atoms with Gasteiger partial charge in [-0.05, 0) is 46.0 Å². The van der Waals surface area contributed by atoms with Crippen molar-refractivity contribution in [1.29, 1.82) is 0 Å². The Morgan fingerprint density at radius 3 is 2.12 bits per heavy atom. The third-order valence-corrected chi connectivity index (χ3v) is 8.66. The average Bonchev–Trinajstić information content (AvgIpc) is 3.17. The third kappa shape index (κ3) is 14.2. The number of esters is 1. The molecular weight excluding hydrogens is 546 g/mol. The molecule has 2 N–H and O–H groups in total. The van der Waals surface area contributed by atoms with Gasteiger partial charge in [-0.2, -0.15) is 0 Å². The van der Waals surface area contributed by atoms with E-state index < -0.39 is 17.3 Å². The van der Waals surface area contributed by atoms with Gasteiger partial charge in [0.1, 0.15) is 12.2 Å². The Morgan fingerprint density at radius 2 is 1.44 bits per heavy atom. The molecule has 2 aliphatic rings. The minimum Gasteiger partial charge on any atom is -0.460 e. The zero-order chi connectivity index (χ0) is 31.7. The Kier molecular flexibility index (Phi) is 16.9. The summed E-state index contributed by atoms with van der Waals surface area (Å²) in [5, 5.41) is 6.11. The molecule has 1 heterocycles. The highest BCUT2D eigenvalue weighted by molar-refractivity contribution is 5.82. The summed E-state index contributed by atoms with van der Waals surface area (Å²) in [4.78, 5) is 41.3. The first-order valence-electron chi connectivity index (χ1n) is 17.3. The van der Waals surface area contributed by atoms with Gasteiger partial charge in [-0.25, -0.2) is 4.79 Å². The zero-order valence-corrected chi connectivity index (χ0v) is 28.3. The fourth-order valence-corrected chi connectivity index (χ4v) is 5.89. The summed E-state index contributed by atoms with van der Waals surface area (Å²) in [5.74, 6) is -1.45. The van der Waals surface area contributed by atoms with E-state index in [1.165, 1.54) is 38.5 Å². The lowest BCUT2D eigenvalue weighted by atomic mass is 9.85. The summed E-state index contributed by atoms with van der Waals surface area (Å²) in [5.41, 5.74) is -0.481. The second-order valence-electron chi connectivity index (χ2n) is 13.8. The van der Waals surface area contributed by atoms with Gasteiger partial charge in [0, 0.05) is 25.0 Å². The topological polar surface area (TPSA) is 106 Å². The molecule has 43 heavy (non-hydrogen) atoms. The van der Waals surface area contributed by atoms with Crippen molar-refractivity contribution >= 4 is 17.9 Å². The van der Waals surface area contributed by atoms with Crippen LogP contribution < -0.4 is 10.6 Å². The van der Waals surface area contributed by atoms with E-state index in [2.05, 4.69) is 24.5 Å². The minimum atomic E-state index is -0.838. The van der Waals surface area contributed by atoms with E-state index >= 15 is 0 Å². The number of amides is 3. The van der Waals surface area contributed by atoms with Crippen molar-refractivity contribution in [2.24, 2.45) is 5.41 Å². The highest BCUT2D eigenvalue weighted by atomic mass is 16.7. The van der Waals surface area contributed by atoms with E-state index in [0.717, 1.165) is 70.9 Å². The van der Waals surface area contributed by atoms with Crippen molar-refractivity contribution in [3.8, 4) is 0 Å². The number of nitrogens with zero attached hydrogens (tertiary/aromatic N) is 1. The van der Waals surface area contributed by atoms with Crippen LogP contribution in [0.25, 0.3) is 0 Å². The number of unbranched alkanes of at least 4 members (excludes halogenated alkanes) is 8. The summed E-state index contributed by atoms with van der Waals surface area (Å²) >= 11 is 0. The van der Waals surface area contributed by atoms with Gasteiger partial charge in [0.05, 0.1) is 19.1 Å². The third-order valence-electron chi connectivity index (χ3n) is 8.66. The molecule has 1 aliphatic carbocycles. The average molecular weight is 610 g/mol. The SMILES string of the molecule is CCCCCCCCN(CCCCCC)C(=O)NC1CCCCCC1OC(=O)CCNC(=O)C1OC(C)(C)OCC1(C)C. The second kappa shape index (κ2) is 19.5. The van der Waals surface area contributed by atoms with Crippen LogP contribution in [-0.4, -0.2) is 73.1 Å². The molecule has 0 spiro atoms. The molecule has 0 bridgehead atoms. The summed E-state index contributed by atoms with van der Waals surface area (Å²) < 4.78 is 17.5. The fourth-order valence-electron chi connectivity index (χ4n) is 5.89. The lowest BCUT2D eigenvalue weighted by Crippen LogP contribution is -2.56. The summed E-state index contributed by atoms with van der Waals surface area (Å²) in [6.07, 6.45) is 15.3. The number of rotatable bonds is 18. The summed E-state index contributed by atoms with van der Waals surface area (Å²) in [6, 6.07) is -0.234. The molecule has 9 heteroatoms. The molecule has 0 aromatic carbocycles. The normalized spacial score (nSPS) is 23.2. The van der Waals surface area contributed by atoms with E-state index in [1.807, 2.05) is 18.7 Å². The Balaban J connectivity index is 1.89. The van der Waals surface area contributed by atoms with Crippen LogP contribution in [0.1, 0.15) is 144 Å². The van der Waals surface area contributed by atoms with Crippen LogP contribution in [0.5, 0.6) is 0 Å². The molecule has 2 fully saturated rings. The van der Waals surface area contributed by atoms with Crippen LogP contribution in [0.3, 0.4) is 0 Å². The van der Waals surface area contributed by atoms with Crippen molar-refractivity contribution in [3.05, 3.63) is 0 Å².